The van der Waals surface area contributed by atoms with Crippen LogP contribution in [0.2, 0.25) is 0 Å². The van der Waals surface area contributed by atoms with Gasteiger partial charge in [0.15, 0.2) is 9.84 Å². The van der Waals surface area contributed by atoms with Crippen LogP contribution >= 0.6 is 11.3 Å². The fourth-order valence-electron chi connectivity index (χ4n) is 2.27. The van der Waals surface area contributed by atoms with Gasteiger partial charge in [-0.3, -0.25) is 4.98 Å². The van der Waals surface area contributed by atoms with Crippen molar-refractivity contribution >= 4 is 32.1 Å². The van der Waals surface area contributed by atoms with Crippen LogP contribution in [0.4, 0.5) is 0 Å². The Morgan fingerprint density at radius 2 is 1.95 bits per heavy atom. The number of fused-ring (bicyclic) bond motifs is 1. The summed E-state index contributed by atoms with van der Waals surface area (Å²) in [5.74, 6) is -0.0131. The Balaban J connectivity index is 2.08. The average Bonchev–Trinajstić information content (AvgIpc) is 2.87. The van der Waals surface area contributed by atoms with Crippen LogP contribution in [-0.2, 0) is 15.6 Å². The highest BCUT2D eigenvalue weighted by molar-refractivity contribution is 7.92. The van der Waals surface area contributed by atoms with Gasteiger partial charge >= 0.3 is 0 Å². The van der Waals surface area contributed by atoms with Crippen molar-refractivity contribution in [3.63, 3.8) is 0 Å². The Bertz CT molecular complexity index is 911. The standard InChI is InChI=1S/C16H15NO2S2/c1-11-8-15(20-9-11)21(18,19)10-14-5-3-4-13-7-6-12(2)17-16(13)14/h3-9H,10H2,1-2H3. The number of pyridine rings is 1. The zero-order valence-corrected chi connectivity index (χ0v) is 13.5. The van der Waals surface area contributed by atoms with Crippen LogP contribution in [0.25, 0.3) is 10.9 Å². The number of hydrogen-bond donors (Lipinski definition) is 0. The minimum Gasteiger partial charge on any atom is -0.253 e. The van der Waals surface area contributed by atoms with E-state index in [1.807, 2.05) is 49.6 Å². The van der Waals surface area contributed by atoms with E-state index in [1.165, 1.54) is 11.3 Å². The number of rotatable bonds is 3. The number of hydrogen-bond acceptors (Lipinski definition) is 4. The first-order valence-electron chi connectivity index (χ1n) is 6.59. The summed E-state index contributed by atoms with van der Waals surface area (Å²) in [5.41, 5.74) is 3.39. The predicted molar refractivity (Wildman–Crippen MR) is 86.4 cm³/mol. The van der Waals surface area contributed by atoms with Crippen molar-refractivity contribution in [2.75, 3.05) is 0 Å². The van der Waals surface area contributed by atoms with Gasteiger partial charge in [0.2, 0.25) is 0 Å². The topological polar surface area (TPSA) is 47.0 Å². The average molecular weight is 317 g/mol. The zero-order chi connectivity index (χ0) is 15.0. The second-order valence-corrected chi connectivity index (χ2v) is 8.27. The summed E-state index contributed by atoms with van der Waals surface area (Å²) in [6.07, 6.45) is 0. The summed E-state index contributed by atoms with van der Waals surface area (Å²) in [6.45, 7) is 3.81. The minimum absolute atomic E-state index is 0.0131. The van der Waals surface area contributed by atoms with Gasteiger partial charge in [-0.1, -0.05) is 24.3 Å². The van der Waals surface area contributed by atoms with Gasteiger partial charge in [-0.05, 0) is 42.5 Å². The smallest absolute Gasteiger partial charge is 0.191 e. The first-order chi connectivity index (χ1) is 9.95. The third-order valence-electron chi connectivity index (χ3n) is 3.30. The largest absolute Gasteiger partial charge is 0.253 e. The van der Waals surface area contributed by atoms with Crippen molar-refractivity contribution in [1.29, 1.82) is 0 Å². The van der Waals surface area contributed by atoms with Gasteiger partial charge in [-0.2, -0.15) is 0 Å². The number of para-hydroxylation sites is 1. The molecule has 0 spiro atoms. The van der Waals surface area contributed by atoms with E-state index in [4.69, 9.17) is 0 Å². The molecule has 0 aliphatic heterocycles. The van der Waals surface area contributed by atoms with E-state index in [-0.39, 0.29) is 5.75 Å². The molecule has 3 rings (SSSR count). The van der Waals surface area contributed by atoms with Crippen LogP contribution in [0, 0.1) is 13.8 Å². The molecule has 2 heterocycles. The lowest BCUT2D eigenvalue weighted by molar-refractivity contribution is 0.597. The maximum atomic E-state index is 12.5. The minimum atomic E-state index is -3.32. The summed E-state index contributed by atoms with van der Waals surface area (Å²) in [6, 6.07) is 11.3. The maximum absolute atomic E-state index is 12.5. The van der Waals surface area contributed by atoms with Gasteiger partial charge < -0.3 is 0 Å². The van der Waals surface area contributed by atoms with Crippen molar-refractivity contribution in [1.82, 2.24) is 4.98 Å². The monoisotopic (exact) mass is 317 g/mol. The van der Waals surface area contributed by atoms with Crippen LogP contribution in [0.15, 0.2) is 46.0 Å². The Morgan fingerprint density at radius 1 is 1.14 bits per heavy atom. The van der Waals surface area contributed by atoms with E-state index in [0.717, 1.165) is 27.7 Å². The van der Waals surface area contributed by atoms with Crippen LogP contribution in [0.1, 0.15) is 16.8 Å². The van der Waals surface area contributed by atoms with Crippen molar-refractivity contribution in [2.24, 2.45) is 0 Å². The molecule has 0 unspecified atom stereocenters. The SMILES string of the molecule is Cc1csc(S(=O)(=O)Cc2cccc3ccc(C)nc23)c1. The van der Waals surface area contributed by atoms with Gasteiger partial charge in [0.25, 0.3) is 0 Å². The van der Waals surface area contributed by atoms with Gasteiger partial charge in [0, 0.05) is 11.1 Å². The summed E-state index contributed by atoms with van der Waals surface area (Å²) in [7, 11) is -3.32. The van der Waals surface area contributed by atoms with E-state index in [2.05, 4.69) is 4.98 Å². The van der Waals surface area contributed by atoms with E-state index in [0.29, 0.717) is 4.21 Å². The van der Waals surface area contributed by atoms with Gasteiger partial charge in [-0.15, -0.1) is 11.3 Å². The van der Waals surface area contributed by atoms with Crippen molar-refractivity contribution in [3.8, 4) is 0 Å². The fourth-order valence-corrected chi connectivity index (χ4v) is 4.95. The number of aromatic nitrogens is 1. The third kappa shape index (κ3) is 2.84. The Hall–Kier alpha value is -1.72. The van der Waals surface area contributed by atoms with E-state index in [9.17, 15) is 8.42 Å². The summed E-state index contributed by atoms with van der Waals surface area (Å²) >= 11 is 1.28. The predicted octanol–water partition coefficient (Wildman–Crippen LogP) is 3.89. The molecule has 0 N–H and O–H groups in total. The first-order valence-corrected chi connectivity index (χ1v) is 9.12. The molecule has 0 aliphatic carbocycles. The fraction of sp³-hybridized carbons (Fsp3) is 0.188. The molecule has 0 atom stereocenters. The molecular formula is C16H15NO2S2. The molecule has 108 valence electrons. The summed E-state index contributed by atoms with van der Waals surface area (Å²) in [5, 5.41) is 2.83. The van der Waals surface area contributed by atoms with E-state index in [1.54, 1.807) is 6.07 Å². The molecule has 0 aliphatic rings. The van der Waals surface area contributed by atoms with Crippen LogP contribution < -0.4 is 0 Å². The molecule has 0 saturated carbocycles. The molecule has 3 nitrogen and oxygen atoms in total. The number of benzene rings is 1. The number of aryl methyl sites for hydroxylation is 2. The summed E-state index contributed by atoms with van der Waals surface area (Å²) in [4.78, 5) is 4.50. The molecule has 3 aromatic rings. The Labute approximate surface area is 128 Å². The lowest BCUT2D eigenvalue weighted by Crippen LogP contribution is -2.04. The molecule has 0 amide bonds. The molecule has 1 aromatic carbocycles. The van der Waals surface area contributed by atoms with Gasteiger partial charge in [0.1, 0.15) is 4.21 Å². The Kier molecular flexibility index (Phi) is 3.55. The molecular weight excluding hydrogens is 302 g/mol. The zero-order valence-electron chi connectivity index (χ0n) is 11.8. The molecule has 0 saturated heterocycles. The second-order valence-electron chi connectivity index (χ2n) is 5.14. The maximum Gasteiger partial charge on any atom is 0.191 e. The molecule has 0 fully saturated rings. The normalized spacial score (nSPS) is 11.9. The lowest BCUT2D eigenvalue weighted by Gasteiger charge is -2.07. The van der Waals surface area contributed by atoms with Gasteiger partial charge in [-0.25, -0.2) is 8.42 Å². The molecule has 21 heavy (non-hydrogen) atoms. The molecule has 0 bridgehead atoms. The quantitative estimate of drug-likeness (QED) is 0.736. The van der Waals surface area contributed by atoms with Crippen LogP contribution in [0.3, 0.4) is 0 Å². The highest BCUT2D eigenvalue weighted by atomic mass is 32.2. The summed E-state index contributed by atoms with van der Waals surface area (Å²) < 4.78 is 25.5. The molecule has 5 heteroatoms. The third-order valence-corrected chi connectivity index (χ3v) is 6.61. The molecule has 2 aromatic heterocycles. The van der Waals surface area contributed by atoms with Crippen molar-refractivity contribution < 1.29 is 8.42 Å². The van der Waals surface area contributed by atoms with E-state index >= 15 is 0 Å². The van der Waals surface area contributed by atoms with E-state index < -0.39 is 9.84 Å². The number of thiophene rings is 1. The number of nitrogens with zero attached hydrogens (tertiary/aromatic N) is 1. The van der Waals surface area contributed by atoms with Crippen molar-refractivity contribution in [3.05, 3.63) is 58.6 Å². The molecule has 0 radical (unpaired) electrons. The highest BCUT2D eigenvalue weighted by Gasteiger charge is 2.19. The van der Waals surface area contributed by atoms with Crippen molar-refractivity contribution in [2.45, 2.75) is 23.8 Å². The Morgan fingerprint density at radius 3 is 2.67 bits per heavy atom. The van der Waals surface area contributed by atoms with Crippen LogP contribution in [0.5, 0.6) is 0 Å². The first kappa shape index (κ1) is 14.2. The number of sulfone groups is 1. The highest BCUT2D eigenvalue weighted by Crippen LogP contribution is 2.26. The lowest BCUT2D eigenvalue weighted by atomic mass is 10.1. The van der Waals surface area contributed by atoms with Crippen LogP contribution in [-0.4, -0.2) is 13.4 Å². The van der Waals surface area contributed by atoms with Gasteiger partial charge in [0.05, 0.1) is 11.3 Å². The second kappa shape index (κ2) is 5.24.